The summed E-state index contributed by atoms with van der Waals surface area (Å²) in [7, 11) is 0. The summed E-state index contributed by atoms with van der Waals surface area (Å²) in [5.74, 6) is 0. The van der Waals surface area contributed by atoms with Gasteiger partial charge in [-0.2, -0.15) is 0 Å². The van der Waals surface area contributed by atoms with Gasteiger partial charge in [0.05, 0.1) is 11.4 Å². The third-order valence-corrected chi connectivity index (χ3v) is 3.75. The summed E-state index contributed by atoms with van der Waals surface area (Å²) in [6.07, 6.45) is 2.09. The molecule has 6 heteroatoms. The topological polar surface area (TPSA) is 65.7 Å². The highest BCUT2D eigenvalue weighted by atomic mass is 79.9. The first-order valence-electron chi connectivity index (χ1n) is 4.79. The maximum Gasteiger partial charge on any atom is 0.166 e. The Morgan fingerprint density at radius 3 is 1.65 bits per heavy atom. The molecule has 0 saturated carbocycles. The van der Waals surface area contributed by atoms with E-state index in [1.54, 1.807) is 12.1 Å². The lowest BCUT2D eigenvalue weighted by Gasteiger charge is -1.98. The number of aromatic nitrogens is 2. The molecule has 4 nitrogen and oxygen atoms in total. The lowest BCUT2D eigenvalue weighted by molar-refractivity contribution is 0.111. The van der Waals surface area contributed by atoms with Crippen LogP contribution in [0.4, 0.5) is 0 Å². The van der Waals surface area contributed by atoms with Crippen molar-refractivity contribution < 1.29 is 9.59 Å². The Hall–Kier alpha value is -1.14. The van der Waals surface area contributed by atoms with Gasteiger partial charge in [0.2, 0.25) is 0 Å². The zero-order valence-electron chi connectivity index (χ0n) is 8.59. The lowest BCUT2D eigenvalue weighted by atomic mass is 10.2. The summed E-state index contributed by atoms with van der Waals surface area (Å²) < 4.78 is 1.68. The number of aldehydes is 2. The van der Waals surface area contributed by atoms with E-state index in [4.69, 9.17) is 0 Å². The van der Waals surface area contributed by atoms with Gasteiger partial charge in [-0.1, -0.05) is 0 Å². The predicted octanol–water partition coefficient (Wildman–Crippen LogP) is 3.08. The molecule has 0 radical (unpaired) electrons. The lowest BCUT2D eigenvalue weighted by Crippen LogP contribution is -1.92. The number of H-pyrrole nitrogens is 2. The van der Waals surface area contributed by atoms with Crippen LogP contribution in [0.2, 0.25) is 0 Å². The number of carbonyl (C=O) groups excluding carboxylic acids is 2. The number of hydrogen-bond donors (Lipinski definition) is 2. The smallest absolute Gasteiger partial charge is 0.166 e. The zero-order valence-corrected chi connectivity index (χ0v) is 11.8. The number of aromatic amines is 2. The fourth-order valence-corrected chi connectivity index (χ4v) is 2.52. The summed E-state index contributed by atoms with van der Waals surface area (Å²) in [6, 6.07) is 3.44. The highest BCUT2D eigenvalue weighted by Crippen LogP contribution is 2.24. The van der Waals surface area contributed by atoms with Crippen molar-refractivity contribution in [2.45, 2.75) is 6.42 Å². The van der Waals surface area contributed by atoms with Crippen LogP contribution in [0.1, 0.15) is 32.4 Å². The predicted molar refractivity (Wildman–Crippen MR) is 70.6 cm³/mol. The fourth-order valence-electron chi connectivity index (χ4n) is 1.55. The second kappa shape index (κ2) is 5.01. The summed E-state index contributed by atoms with van der Waals surface area (Å²) in [5.41, 5.74) is 2.80. The Bertz CT molecular complexity index is 522. The average Bonchev–Trinajstić information content (AvgIpc) is 2.84. The summed E-state index contributed by atoms with van der Waals surface area (Å²) in [6.45, 7) is 0. The molecule has 0 aromatic carbocycles. The summed E-state index contributed by atoms with van der Waals surface area (Å²) in [4.78, 5) is 27.2. The molecule has 88 valence electrons. The molecule has 17 heavy (non-hydrogen) atoms. The first-order valence-corrected chi connectivity index (χ1v) is 6.37. The molecular formula is C11H8Br2N2O2. The fraction of sp³-hybridized carbons (Fsp3) is 0.0909. The third kappa shape index (κ3) is 2.58. The maximum atomic E-state index is 10.6. The van der Waals surface area contributed by atoms with E-state index in [-0.39, 0.29) is 0 Å². The molecule has 0 unspecified atom stereocenters. The molecule has 0 saturated heterocycles. The number of hydrogen-bond acceptors (Lipinski definition) is 2. The molecule has 0 bridgehead atoms. The molecule has 2 heterocycles. The van der Waals surface area contributed by atoms with Gasteiger partial charge >= 0.3 is 0 Å². The molecule has 2 aromatic rings. The van der Waals surface area contributed by atoms with Crippen LogP contribution in [-0.2, 0) is 6.42 Å². The molecule has 0 atom stereocenters. The molecule has 0 spiro atoms. The van der Waals surface area contributed by atoms with Crippen molar-refractivity contribution in [3.8, 4) is 0 Å². The average molecular weight is 360 g/mol. The molecule has 2 aromatic heterocycles. The second-order valence-electron chi connectivity index (χ2n) is 3.51. The molecule has 2 N–H and O–H groups in total. The minimum absolute atomic E-state index is 0.519. The van der Waals surface area contributed by atoms with Gasteiger partial charge in [-0.15, -0.1) is 0 Å². The first-order chi connectivity index (χ1) is 8.13. The molecule has 2 rings (SSSR count). The Morgan fingerprint density at radius 1 is 0.941 bits per heavy atom. The standard InChI is InChI=1S/C11H8Br2N2O2/c12-8-1-6(4-16)14-10(8)3-11-9(13)2-7(5-17)15-11/h1-2,4-5,14-15H,3H2. The van der Waals surface area contributed by atoms with Gasteiger partial charge < -0.3 is 9.97 Å². The molecular weight excluding hydrogens is 352 g/mol. The number of halogens is 2. The molecule has 0 aliphatic carbocycles. The largest absolute Gasteiger partial charge is 0.355 e. The molecule has 0 fully saturated rings. The van der Waals surface area contributed by atoms with E-state index in [9.17, 15) is 9.59 Å². The van der Waals surface area contributed by atoms with E-state index in [0.717, 1.165) is 32.9 Å². The first kappa shape index (κ1) is 12.3. The highest BCUT2D eigenvalue weighted by Gasteiger charge is 2.10. The van der Waals surface area contributed by atoms with Gasteiger partial charge in [0.25, 0.3) is 0 Å². The van der Waals surface area contributed by atoms with Gasteiger partial charge in [0, 0.05) is 26.8 Å². The van der Waals surface area contributed by atoms with Gasteiger partial charge in [-0.3, -0.25) is 9.59 Å². The Labute approximate surface area is 114 Å². The van der Waals surface area contributed by atoms with E-state index < -0.39 is 0 Å². The molecule has 0 aliphatic rings. The normalized spacial score (nSPS) is 10.5. The van der Waals surface area contributed by atoms with Crippen LogP contribution in [0.15, 0.2) is 21.1 Å². The van der Waals surface area contributed by atoms with Crippen molar-refractivity contribution >= 4 is 44.4 Å². The van der Waals surface area contributed by atoms with Crippen molar-refractivity contribution in [3.63, 3.8) is 0 Å². The number of carbonyl (C=O) groups is 2. The van der Waals surface area contributed by atoms with Gasteiger partial charge in [-0.05, 0) is 44.0 Å². The Kier molecular flexibility index (Phi) is 3.63. The minimum atomic E-state index is 0.519. The summed E-state index contributed by atoms with van der Waals surface area (Å²) in [5, 5.41) is 0. The summed E-state index contributed by atoms with van der Waals surface area (Å²) >= 11 is 6.75. The van der Waals surface area contributed by atoms with Gasteiger partial charge in [0.1, 0.15) is 0 Å². The molecule has 0 aliphatic heterocycles. The van der Waals surface area contributed by atoms with E-state index in [1.807, 2.05) is 0 Å². The van der Waals surface area contributed by atoms with Crippen LogP contribution in [-0.4, -0.2) is 22.5 Å². The van der Waals surface area contributed by atoms with E-state index in [2.05, 4.69) is 41.8 Å². The van der Waals surface area contributed by atoms with Crippen molar-refractivity contribution in [1.82, 2.24) is 9.97 Å². The van der Waals surface area contributed by atoms with Gasteiger partial charge in [-0.25, -0.2) is 0 Å². The van der Waals surface area contributed by atoms with E-state index in [1.165, 1.54) is 0 Å². The zero-order chi connectivity index (χ0) is 12.4. The van der Waals surface area contributed by atoms with Crippen molar-refractivity contribution in [1.29, 1.82) is 0 Å². The van der Waals surface area contributed by atoms with Crippen molar-refractivity contribution in [2.24, 2.45) is 0 Å². The van der Waals surface area contributed by atoms with Crippen LogP contribution in [0.5, 0.6) is 0 Å². The highest BCUT2D eigenvalue weighted by molar-refractivity contribution is 9.10. The molecule has 0 amide bonds. The van der Waals surface area contributed by atoms with E-state index in [0.29, 0.717) is 17.8 Å². The number of rotatable bonds is 4. The second-order valence-corrected chi connectivity index (χ2v) is 5.22. The quantitative estimate of drug-likeness (QED) is 0.824. The van der Waals surface area contributed by atoms with Crippen LogP contribution in [0.25, 0.3) is 0 Å². The van der Waals surface area contributed by atoms with Crippen LogP contribution in [0, 0.1) is 0 Å². The SMILES string of the molecule is O=Cc1cc(Br)c(Cc2[nH]c(C=O)cc2Br)[nH]1. The van der Waals surface area contributed by atoms with Crippen LogP contribution < -0.4 is 0 Å². The van der Waals surface area contributed by atoms with Crippen LogP contribution in [0.3, 0.4) is 0 Å². The maximum absolute atomic E-state index is 10.6. The monoisotopic (exact) mass is 358 g/mol. The van der Waals surface area contributed by atoms with Crippen molar-refractivity contribution in [2.75, 3.05) is 0 Å². The van der Waals surface area contributed by atoms with E-state index >= 15 is 0 Å². The minimum Gasteiger partial charge on any atom is -0.355 e. The Morgan fingerprint density at radius 2 is 1.35 bits per heavy atom. The van der Waals surface area contributed by atoms with Crippen molar-refractivity contribution in [3.05, 3.63) is 43.9 Å². The third-order valence-electron chi connectivity index (χ3n) is 2.34. The van der Waals surface area contributed by atoms with Gasteiger partial charge in [0.15, 0.2) is 12.6 Å². The van der Waals surface area contributed by atoms with Crippen LogP contribution >= 0.6 is 31.9 Å². The number of nitrogens with one attached hydrogen (secondary N) is 2. The Balaban J connectivity index is 2.30.